The SMILES string of the molecule is CC(=O)OC(=O)C(C)(Br)I. The summed E-state index contributed by atoms with van der Waals surface area (Å²) in [5.74, 6) is -1.17. The maximum absolute atomic E-state index is 10.8. The molecule has 0 radical (unpaired) electrons. The van der Waals surface area contributed by atoms with Gasteiger partial charge in [0, 0.05) is 6.92 Å². The Bertz CT molecular complexity index is 161. The summed E-state index contributed by atoms with van der Waals surface area (Å²) in [7, 11) is 0. The number of ether oxygens (including phenoxy) is 1. The minimum atomic E-state index is -0.809. The Hall–Kier alpha value is 0.350. The minimum Gasteiger partial charge on any atom is -0.392 e. The zero-order valence-electron chi connectivity index (χ0n) is 5.48. The van der Waals surface area contributed by atoms with Crippen molar-refractivity contribution in [3.05, 3.63) is 0 Å². The van der Waals surface area contributed by atoms with Gasteiger partial charge in [-0.15, -0.1) is 0 Å². The van der Waals surface area contributed by atoms with Crippen molar-refractivity contribution in [1.29, 1.82) is 0 Å². The molecule has 0 saturated carbocycles. The third-order valence-corrected chi connectivity index (χ3v) is 1.36. The average Bonchev–Trinajstić information content (AvgIpc) is 1.60. The molecule has 1 atom stereocenters. The molecule has 0 aliphatic carbocycles. The average molecular weight is 321 g/mol. The van der Waals surface area contributed by atoms with Crippen LogP contribution in [0, 0.1) is 0 Å². The van der Waals surface area contributed by atoms with Gasteiger partial charge in [0.2, 0.25) is 0 Å². The van der Waals surface area contributed by atoms with Gasteiger partial charge in [-0.1, -0.05) is 38.5 Å². The van der Waals surface area contributed by atoms with Crippen molar-refractivity contribution in [3.63, 3.8) is 0 Å². The van der Waals surface area contributed by atoms with Gasteiger partial charge in [-0.3, -0.25) is 4.79 Å². The second-order valence-corrected chi connectivity index (χ2v) is 7.00. The lowest BCUT2D eigenvalue weighted by molar-refractivity contribution is -0.157. The molecule has 0 bridgehead atoms. The minimum absolute atomic E-state index is 0.583. The maximum Gasteiger partial charge on any atom is 0.340 e. The van der Waals surface area contributed by atoms with E-state index in [0.717, 1.165) is 0 Å². The van der Waals surface area contributed by atoms with E-state index >= 15 is 0 Å². The van der Waals surface area contributed by atoms with E-state index in [2.05, 4.69) is 20.7 Å². The van der Waals surface area contributed by atoms with Crippen LogP contribution in [0.25, 0.3) is 0 Å². The van der Waals surface area contributed by atoms with E-state index < -0.39 is 14.3 Å². The number of halogens is 2. The molecule has 0 fully saturated rings. The summed E-state index contributed by atoms with van der Waals surface area (Å²) < 4.78 is 3.47. The molecule has 0 spiro atoms. The highest BCUT2D eigenvalue weighted by Gasteiger charge is 2.28. The van der Waals surface area contributed by atoms with Crippen LogP contribution in [0.2, 0.25) is 0 Å². The summed E-state index contributed by atoms with van der Waals surface area (Å²) in [6, 6.07) is 0. The van der Waals surface area contributed by atoms with Gasteiger partial charge < -0.3 is 4.74 Å². The van der Waals surface area contributed by atoms with Gasteiger partial charge in [-0.2, -0.15) is 0 Å². The van der Waals surface area contributed by atoms with E-state index in [9.17, 15) is 9.59 Å². The van der Waals surface area contributed by atoms with Gasteiger partial charge in [-0.25, -0.2) is 4.79 Å². The van der Waals surface area contributed by atoms with E-state index in [1.807, 2.05) is 22.6 Å². The first-order valence-electron chi connectivity index (χ1n) is 2.44. The van der Waals surface area contributed by atoms with E-state index in [1.165, 1.54) is 6.92 Å². The fourth-order valence-electron chi connectivity index (χ4n) is 0.220. The van der Waals surface area contributed by atoms with Crippen LogP contribution < -0.4 is 0 Å². The Morgan fingerprint density at radius 2 is 2.00 bits per heavy atom. The third-order valence-electron chi connectivity index (χ3n) is 0.595. The van der Waals surface area contributed by atoms with Gasteiger partial charge in [0.15, 0.2) is 2.33 Å². The van der Waals surface area contributed by atoms with Crippen LogP contribution in [0.5, 0.6) is 0 Å². The van der Waals surface area contributed by atoms with Crippen LogP contribution in [-0.2, 0) is 14.3 Å². The molecule has 0 rings (SSSR count). The van der Waals surface area contributed by atoms with Crippen molar-refractivity contribution >= 4 is 50.5 Å². The standard InChI is InChI=1S/C5H6BrIO3/c1-3(8)10-4(9)5(2,6)7/h1-2H3. The van der Waals surface area contributed by atoms with Crippen LogP contribution in [0.15, 0.2) is 0 Å². The molecule has 3 nitrogen and oxygen atoms in total. The molecule has 0 aliphatic rings. The number of hydrogen-bond acceptors (Lipinski definition) is 3. The van der Waals surface area contributed by atoms with Crippen molar-refractivity contribution in [2.24, 2.45) is 0 Å². The molecular weight excluding hydrogens is 315 g/mol. The summed E-state index contributed by atoms with van der Waals surface area (Å²) in [6.45, 7) is 2.78. The number of alkyl halides is 2. The third kappa shape index (κ3) is 4.21. The zero-order valence-corrected chi connectivity index (χ0v) is 9.22. The molecule has 5 heteroatoms. The van der Waals surface area contributed by atoms with E-state index in [0.29, 0.717) is 0 Å². The van der Waals surface area contributed by atoms with Crippen molar-refractivity contribution in [2.75, 3.05) is 0 Å². The first-order chi connectivity index (χ1) is 4.34. The highest BCUT2D eigenvalue weighted by molar-refractivity contribution is 14.1. The Kier molecular flexibility index (Phi) is 3.79. The molecule has 0 amide bonds. The molecular formula is C5H6BrIO3. The summed E-state index contributed by atoms with van der Waals surface area (Å²) in [5, 5.41) is 0. The molecule has 0 saturated heterocycles. The van der Waals surface area contributed by atoms with Crippen molar-refractivity contribution < 1.29 is 14.3 Å². The van der Waals surface area contributed by atoms with Crippen LogP contribution >= 0.6 is 38.5 Å². The molecule has 10 heavy (non-hydrogen) atoms. The lowest BCUT2D eigenvalue weighted by Crippen LogP contribution is -2.24. The fraction of sp³-hybridized carbons (Fsp3) is 0.600. The zero-order chi connectivity index (χ0) is 8.36. The van der Waals surface area contributed by atoms with Gasteiger partial charge in [0.25, 0.3) is 0 Å². The number of rotatable bonds is 1. The molecule has 0 aliphatic heterocycles. The summed E-state index contributed by atoms with van der Waals surface area (Å²) in [5.41, 5.74) is 0. The molecule has 0 aromatic heterocycles. The highest BCUT2D eigenvalue weighted by Crippen LogP contribution is 2.27. The Morgan fingerprint density at radius 3 is 2.10 bits per heavy atom. The maximum atomic E-state index is 10.8. The Labute approximate surface area is 80.8 Å². The summed E-state index contributed by atoms with van der Waals surface area (Å²) in [6.07, 6.45) is 0. The van der Waals surface area contributed by atoms with Crippen molar-refractivity contribution in [3.8, 4) is 0 Å². The second-order valence-electron chi connectivity index (χ2n) is 1.77. The number of hydrogen-bond donors (Lipinski definition) is 0. The van der Waals surface area contributed by atoms with Crippen molar-refractivity contribution in [2.45, 2.75) is 16.2 Å². The van der Waals surface area contributed by atoms with Crippen LogP contribution in [-0.4, -0.2) is 14.3 Å². The molecule has 0 aromatic carbocycles. The van der Waals surface area contributed by atoms with Gasteiger partial charge in [-0.05, 0) is 6.92 Å². The number of carbonyl (C=O) groups is 2. The van der Waals surface area contributed by atoms with Crippen molar-refractivity contribution in [1.82, 2.24) is 0 Å². The van der Waals surface area contributed by atoms with Crippen LogP contribution in [0.4, 0.5) is 0 Å². The molecule has 0 aromatic rings. The lowest BCUT2D eigenvalue weighted by Gasteiger charge is -2.09. The number of esters is 2. The summed E-state index contributed by atoms with van der Waals surface area (Å²) >= 11 is 4.86. The van der Waals surface area contributed by atoms with Gasteiger partial charge >= 0.3 is 11.9 Å². The largest absolute Gasteiger partial charge is 0.392 e. The first-order valence-corrected chi connectivity index (χ1v) is 4.32. The van der Waals surface area contributed by atoms with Crippen LogP contribution in [0.1, 0.15) is 13.8 Å². The molecule has 0 N–H and O–H groups in total. The molecule has 1 unspecified atom stereocenters. The Balaban J connectivity index is 3.99. The van der Waals surface area contributed by atoms with E-state index in [1.54, 1.807) is 6.92 Å². The predicted octanol–water partition coefficient (Wildman–Crippen LogP) is 1.62. The van der Waals surface area contributed by atoms with Crippen LogP contribution in [0.3, 0.4) is 0 Å². The molecule has 58 valence electrons. The highest BCUT2D eigenvalue weighted by atomic mass is 127. The fourth-order valence-corrected chi connectivity index (χ4v) is 0.411. The van der Waals surface area contributed by atoms with E-state index in [4.69, 9.17) is 0 Å². The smallest absolute Gasteiger partial charge is 0.340 e. The lowest BCUT2D eigenvalue weighted by atomic mass is 10.5. The quantitative estimate of drug-likeness (QED) is 0.319. The molecule has 0 heterocycles. The second kappa shape index (κ2) is 3.66. The Morgan fingerprint density at radius 1 is 1.60 bits per heavy atom. The predicted molar refractivity (Wildman–Crippen MR) is 48.1 cm³/mol. The summed E-state index contributed by atoms with van der Waals surface area (Å²) in [4.78, 5) is 21.0. The first kappa shape index (κ1) is 10.3. The number of carbonyl (C=O) groups excluding carboxylic acids is 2. The van der Waals surface area contributed by atoms with E-state index in [-0.39, 0.29) is 0 Å². The van der Waals surface area contributed by atoms with Gasteiger partial charge in [0.1, 0.15) is 0 Å². The monoisotopic (exact) mass is 320 g/mol. The van der Waals surface area contributed by atoms with Gasteiger partial charge in [0.05, 0.1) is 0 Å². The normalized spacial score (nSPS) is 15.6. The topological polar surface area (TPSA) is 43.4 Å².